The summed E-state index contributed by atoms with van der Waals surface area (Å²) in [6.45, 7) is -0.535. The number of amides is 2. The smallest absolute Gasteiger partial charge is 0.321 e. The van der Waals surface area contributed by atoms with Crippen LogP contribution in [0.4, 0.5) is 0 Å². The molecule has 7 heteroatoms. The number of hydrogen-bond donors (Lipinski definition) is 3. The van der Waals surface area contributed by atoms with Crippen molar-refractivity contribution in [2.24, 2.45) is 17.4 Å². The third-order valence-electron chi connectivity index (χ3n) is 2.43. The second-order valence-electron chi connectivity index (χ2n) is 3.96. The molecule has 1 atom stereocenters. The molecule has 0 heterocycles. The average Bonchev–Trinajstić information content (AvgIpc) is 2.84. The van der Waals surface area contributed by atoms with E-state index >= 15 is 0 Å². The standard InChI is InChI=1S/C9H15N3O4/c10-6(13)3-12(4-7(11)14)8(9(15)16)5-1-2-5/h5,8H,1-4H2,(H2,10,13)(H2,11,14)(H,15,16). The van der Waals surface area contributed by atoms with Gasteiger partial charge in [0.05, 0.1) is 13.1 Å². The molecule has 0 spiro atoms. The van der Waals surface area contributed by atoms with Crippen LogP contribution in [0.25, 0.3) is 0 Å². The Balaban J connectivity index is 2.74. The molecule has 0 aromatic heterocycles. The van der Waals surface area contributed by atoms with Crippen molar-refractivity contribution in [1.29, 1.82) is 0 Å². The molecule has 1 aliphatic carbocycles. The Hall–Kier alpha value is -1.63. The number of carbonyl (C=O) groups excluding carboxylic acids is 2. The summed E-state index contributed by atoms with van der Waals surface area (Å²) >= 11 is 0. The molecule has 7 nitrogen and oxygen atoms in total. The molecule has 1 fully saturated rings. The van der Waals surface area contributed by atoms with Gasteiger partial charge in [-0.3, -0.25) is 19.3 Å². The molecule has 2 amide bonds. The van der Waals surface area contributed by atoms with E-state index in [4.69, 9.17) is 16.6 Å². The molecule has 0 aromatic carbocycles. The highest BCUT2D eigenvalue weighted by atomic mass is 16.4. The summed E-state index contributed by atoms with van der Waals surface area (Å²) < 4.78 is 0. The maximum absolute atomic E-state index is 11.0. The highest BCUT2D eigenvalue weighted by Crippen LogP contribution is 2.35. The van der Waals surface area contributed by atoms with Gasteiger partial charge in [0, 0.05) is 0 Å². The Morgan fingerprint density at radius 3 is 1.88 bits per heavy atom. The summed E-state index contributed by atoms with van der Waals surface area (Å²) in [5, 5.41) is 9.03. The van der Waals surface area contributed by atoms with Crippen molar-refractivity contribution in [3.63, 3.8) is 0 Å². The number of nitrogens with zero attached hydrogens (tertiary/aromatic N) is 1. The van der Waals surface area contributed by atoms with Crippen LogP contribution < -0.4 is 11.5 Å². The number of nitrogens with two attached hydrogens (primary N) is 2. The zero-order chi connectivity index (χ0) is 12.3. The second kappa shape index (κ2) is 4.93. The Morgan fingerprint density at radius 2 is 1.62 bits per heavy atom. The molecular formula is C9H15N3O4. The molecule has 0 bridgehead atoms. The first-order chi connectivity index (χ1) is 7.41. The van der Waals surface area contributed by atoms with E-state index in [1.165, 1.54) is 4.90 Å². The Labute approximate surface area is 92.4 Å². The summed E-state index contributed by atoms with van der Waals surface area (Å²) in [5.41, 5.74) is 10.0. The van der Waals surface area contributed by atoms with Crippen LogP contribution >= 0.6 is 0 Å². The SMILES string of the molecule is NC(=O)CN(CC(N)=O)C(C(=O)O)C1CC1. The van der Waals surface area contributed by atoms with Gasteiger partial charge in [-0.2, -0.15) is 0 Å². The van der Waals surface area contributed by atoms with Crippen LogP contribution in [0, 0.1) is 5.92 Å². The first-order valence-corrected chi connectivity index (χ1v) is 4.95. The van der Waals surface area contributed by atoms with E-state index < -0.39 is 23.8 Å². The van der Waals surface area contributed by atoms with E-state index in [0.29, 0.717) is 0 Å². The third kappa shape index (κ3) is 3.50. The number of rotatable bonds is 7. The lowest BCUT2D eigenvalue weighted by Crippen LogP contribution is -2.50. The van der Waals surface area contributed by atoms with Gasteiger partial charge in [0.15, 0.2) is 0 Å². The topological polar surface area (TPSA) is 127 Å². The van der Waals surface area contributed by atoms with Crippen molar-refractivity contribution in [1.82, 2.24) is 4.90 Å². The predicted octanol–water partition coefficient (Wildman–Crippen LogP) is -1.88. The number of carboxylic acid groups (broad SMARTS) is 1. The first-order valence-electron chi connectivity index (χ1n) is 4.95. The molecule has 0 saturated heterocycles. The minimum atomic E-state index is -1.05. The fourth-order valence-electron chi connectivity index (χ4n) is 1.72. The number of hydrogen-bond acceptors (Lipinski definition) is 4. The zero-order valence-corrected chi connectivity index (χ0v) is 8.76. The van der Waals surface area contributed by atoms with Gasteiger partial charge in [-0.05, 0) is 18.8 Å². The van der Waals surface area contributed by atoms with Crippen molar-refractivity contribution >= 4 is 17.8 Å². The third-order valence-corrected chi connectivity index (χ3v) is 2.43. The van der Waals surface area contributed by atoms with Crippen LogP contribution in [-0.2, 0) is 14.4 Å². The van der Waals surface area contributed by atoms with Crippen LogP contribution in [0.15, 0.2) is 0 Å². The molecule has 0 radical (unpaired) electrons. The average molecular weight is 229 g/mol. The minimum Gasteiger partial charge on any atom is -0.480 e. The lowest BCUT2D eigenvalue weighted by Gasteiger charge is -2.26. The lowest BCUT2D eigenvalue weighted by atomic mass is 10.1. The fourth-order valence-corrected chi connectivity index (χ4v) is 1.72. The summed E-state index contributed by atoms with van der Waals surface area (Å²) in [6, 6.07) is -0.847. The van der Waals surface area contributed by atoms with Gasteiger partial charge in [0.2, 0.25) is 11.8 Å². The molecule has 5 N–H and O–H groups in total. The van der Waals surface area contributed by atoms with Crippen molar-refractivity contribution < 1.29 is 19.5 Å². The Bertz CT molecular complexity index is 298. The van der Waals surface area contributed by atoms with E-state index in [-0.39, 0.29) is 19.0 Å². The number of primary amides is 2. The highest BCUT2D eigenvalue weighted by Gasteiger charge is 2.41. The maximum Gasteiger partial charge on any atom is 0.321 e. The quantitative estimate of drug-likeness (QED) is 0.471. The van der Waals surface area contributed by atoms with E-state index in [0.717, 1.165) is 12.8 Å². The molecule has 90 valence electrons. The molecule has 1 aliphatic rings. The van der Waals surface area contributed by atoms with Crippen LogP contribution in [0.1, 0.15) is 12.8 Å². The van der Waals surface area contributed by atoms with Gasteiger partial charge in [-0.1, -0.05) is 0 Å². The van der Waals surface area contributed by atoms with Gasteiger partial charge < -0.3 is 16.6 Å². The first kappa shape index (κ1) is 12.4. The monoisotopic (exact) mass is 229 g/mol. The van der Waals surface area contributed by atoms with E-state index in [2.05, 4.69) is 0 Å². The maximum atomic E-state index is 11.0. The van der Waals surface area contributed by atoms with Crippen LogP contribution in [0.5, 0.6) is 0 Å². The van der Waals surface area contributed by atoms with E-state index in [1.807, 2.05) is 0 Å². The van der Waals surface area contributed by atoms with Gasteiger partial charge >= 0.3 is 5.97 Å². The van der Waals surface area contributed by atoms with Crippen LogP contribution in [0.3, 0.4) is 0 Å². The van der Waals surface area contributed by atoms with E-state index in [1.54, 1.807) is 0 Å². The summed E-state index contributed by atoms with van der Waals surface area (Å²) in [6.07, 6.45) is 1.57. The molecule has 16 heavy (non-hydrogen) atoms. The second-order valence-corrected chi connectivity index (χ2v) is 3.96. The summed E-state index contributed by atoms with van der Waals surface area (Å²) in [4.78, 5) is 33.9. The number of aliphatic carboxylic acids is 1. The minimum absolute atomic E-state index is 0.0174. The predicted molar refractivity (Wildman–Crippen MR) is 54.1 cm³/mol. The highest BCUT2D eigenvalue weighted by molar-refractivity contribution is 5.82. The van der Waals surface area contributed by atoms with Crippen molar-refractivity contribution in [3.05, 3.63) is 0 Å². The van der Waals surface area contributed by atoms with Gasteiger partial charge in [0.1, 0.15) is 6.04 Å². The van der Waals surface area contributed by atoms with Crippen LogP contribution in [-0.4, -0.2) is 46.9 Å². The number of carboxylic acids is 1. The molecule has 0 aliphatic heterocycles. The fraction of sp³-hybridized carbons (Fsp3) is 0.667. The number of carbonyl (C=O) groups is 3. The Kier molecular flexibility index (Phi) is 3.83. The normalized spacial score (nSPS) is 17.1. The molecule has 1 unspecified atom stereocenters. The van der Waals surface area contributed by atoms with E-state index in [9.17, 15) is 14.4 Å². The van der Waals surface area contributed by atoms with Crippen molar-refractivity contribution in [2.75, 3.05) is 13.1 Å². The molecule has 1 rings (SSSR count). The Morgan fingerprint density at radius 1 is 1.19 bits per heavy atom. The van der Waals surface area contributed by atoms with Crippen molar-refractivity contribution in [3.8, 4) is 0 Å². The molecule has 0 aromatic rings. The molecular weight excluding hydrogens is 214 g/mol. The molecule has 1 saturated carbocycles. The van der Waals surface area contributed by atoms with Gasteiger partial charge in [-0.15, -0.1) is 0 Å². The lowest BCUT2D eigenvalue weighted by molar-refractivity contribution is -0.145. The van der Waals surface area contributed by atoms with Crippen molar-refractivity contribution in [2.45, 2.75) is 18.9 Å². The van der Waals surface area contributed by atoms with Crippen LogP contribution in [0.2, 0.25) is 0 Å². The summed E-state index contributed by atoms with van der Waals surface area (Å²) in [5.74, 6) is -2.41. The van der Waals surface area contributed by atoms with Gasteiger partial charge in [0.25, 0.3) is 0 Å². The zero-order valence-electron chi connectivity index (χ0n) is 8.76. The summed E-state index contributed by atoms with van der Waals surface area (Å²) in [7, 11) is 0. The van der Waals surface area contributed by atoms with Gasteiger partial charge in [-0.25, -0.2) is 0 Å². The largest absolute Gasteiger partial charge is 0.480 e.